The topological polar surface area (TPSA) is 55.4 Å². The van der Waals surface area contributed by atoms with Crippen molar-refractivity contribution in [2.45, 2.75) is 12.8 Å². The Labute approximate surface area is 168 Å². The zero-order valence-corrected chi connectivity index (χ0v) is 16.2. The molecule has 0 aliphatic rings. The summed E-state index contributed by atoms with van der Waals surface area (Å²) in [5.41, 5.74) is 2.67. The van der Waals surface area contributed by atoms with Gasteiger partial charge in [0.25, 0.3) is 0 Å². The molecule has 0 fully saturated rings. The van der Waals surface area contributed by atoms with Crippen LogP contribution in [-0.2, 0) is 16.0 Å². The van der Waals surface area contributed by atoms with Gasteiger partial charge >= 0.3 is 5.97 Å². The van der Waals surface area contributed by atoms with Crippen LogP contribution < -0.4 is 5.32 Å². The van der Waals surface area contributed by atoms with Crippen molar-refractivity contribution in [3.8, 4) is 11.8 Å². The third-order valence-electron chi connectivity index (χ3n) is 3.96. The van der Waals surface area contributed by atoms with Gasteiger partial charge in [0.05, 0.1) is 12.7 Å². The Morgan fingerprint density at radius 3 is 2.46 bits per heavy atom. The predicted molar refractivity (Wildman–Crippen MR) is 111 cm³/mol. The molecule has 1 amide bonds. The second-order valence-electron chi connectivity index (χ2n) is 6.03. The molecule has 5 heteroatoms. The molecule has 3 rings (SSSR count). The van der Waals surface area contributed by atoms with Crippen LogP contribution in [0, 0.1) is 11.8 Å². The van der Waals surface area contributed by atoms with Crippen molar-refractivity contribution in [3.63, 3.8) is 0 Å². The number of rotatable bonds is 5. The molecule has 1 heterocycles. The number of hydrogen-bond acceptors (Lipinski definition) is 4. The van der Waals surface area contributed by atoms with Crippen LogP contribution in [0.5, 0.6) is 0 Å². The smallest absolute Gasteiger partial charge is 0.337 e. The van der Waals surface area contributed by atoms with E-state index >= 15 is 0 Å². The maximum atomic E-state index is 12.1. The van der Waals surface area contributed by atoms with Gasteiger partial charge in [-0.1, -0.05) is 30.0 Å². The molecule has 1 N–H and O–H groups in total. The number of methoxy groups -OCH3 is 1. The molecule has 140 valence electrons. The highest BCUT2D eigenvalue weighted by Crippen LogP contribution is 2.14. The van der Waals surface area contributed by atoms with Gasteiger partial charge in [-0.25, -0.2) is 4.79 Å². The summed E-state index contributed by atoms with van der Waals surface area (Å²) < 4.78 is 4.72. The molecule has 0 atom stereocenters. The van der Waals surface area contributed by atoms with Crippen LogP contribution in [0.2, 0.25) is 0 Å². The van der Waals surface area contributed by atoms with Gasteiger partial charge in [-0.2, -0.15) is 0 Å². The number of benzene rings is 2. The number of thiophene rings is 1. The van der Waals surface area contributed by atoms with Gasteiger partial charge in [0, 0.05) is 28.1 Å². The van der Waals surface area contributed by atoms with Crippen LogP contribution in [0.1, 0.15) is 32.8 Å². The fraction of sp³-hybridized carbons (Fsp3) is 0.130. The van der Waals surface area contributed by atoms with Crippen LogP contribution in [0.15, 0.2) is 66.0 Å². The van der Waals surface area contributed by atoms with E-state index in [1.807, 2.05) is 47.8 Å². The van der Waals surface area contributed by atoms with Crippen molar-refractivity contribution >= 4 is 28.9 Å². The molecule has 4 nitrogen and oxygen atoms in total. The van der Waals surface area contributed by atoms with Crippen LogP contribution in [0.3, 0.4) is 0 Å². The van der Waals surface area contributed by atoms with Gasteiger partial charge in [-0.15, -0.1) is 11.3 Å². The third kappa shape index (κ3) is 5.57. The van der Waals surface area contributed by atoms with Crippen molar-refractivity contribution < 1.29 is 14.3 Å². The van der Waals surface area contributed by atoms with Gasteiger partial charge in [0.15, 0.2) is 0 Å². The molecule has 0 radical (unpaired) electrons. The number of anilines is 1. The average Bonchev–Trinajstić information content (AvgIpc) is 3.24. The number of carbonyl (C=O) groups is 2. The quantitative estimate of drug-likeness (QED) is 0.516. The summed E-state index contributed by atoms with van der Waals surface area (Å²) in [6, 6.07) is 18.4. The molecule has 0 saturated heterocycles. The summed E-state index contributed by atoms with van der Waals surface area (Å²) in [5, 5.41) is 4.92. The van der Waals surface area contributed by atoms with Gasteiger partial charge in [0.1, 0.15) is 0 Å². The summed E-state index contributed by atoms with van der Waals surface area (Å²) in [6.45, 7) is 0. The maximum Gasteiger partial charge on any atom is 0.337 e. The first kappa shape index (κ1) is 19.4. The number of nitrogens with one attached hydrogen (secondary N) is 1. The molecule has 1 aromatic heterocycles. The highest BCUT2D eigenvalue weighted by atomic mass is 32.1. The summed E-state index contributed by atoms with van der Waals surface area (Å²) in [6.07, 6.45) is 1.18. The monoisotopic (exact) mass is 389 g/mol. The van der Waals surface area contributed by atoms with Crippen molar-refractivity contribution in [2.75, 3.05) is 12.4 Å². The molecule has 0 spiro atoms. The highest BCUT2D eigenvalue weighted by Gasteiger charge is 2.05. The Kier molecular flexibility index (Phi) is 6.61. The SMILES string of the molecule is COC(=O)c1cccc(C#Cc2cccc(NC(=O)CCc3cccs3)c2)c1. The van der Waals surface area contributed by atoms with E-state index < -0.39 is 5.97 Å². The predicted octanol–water partition coefficient (Wildman–Crippen LogP) is 4.51. The molecule has 28 heavy (non-hydrogen) atoms. The van der Waals surface area contributed by atoms with Crippen molar-refractivity contribution in [3.05, 3.63) is 87.6 Å². The highest BCUT2D eigenvalue weighted by molar-refractivity contribution is 7.09. The Morgan fingerprint density at radius 1 is 1.00 bits per heavy atom. The van der Waals surface area contributed by atoms with Gasteiger partial charge in [-0.3, -0.25) is 4.79 Å². The number of aryl methyl sites for hydroxylation is 1. The van der Waals surface area contributed by atoms with Gasteiger partial charge < -0.3 is 10.1 Å². The Balaban J connectivity index is 1.64. The van der Waals surface area contributed by atoms with E-state index in [9.17, 15) is 9.59 Å². The van der Waals surface area contributed by atoms with E-state index in [0.29, 0.717) is 23.2 Å². The molecule has 0 saturated carbocycles. The molecule has 0 aliphatic carbocycles. The average molecular weight is 389 g/mol. The number of amides is 1. The van der Waals surface area contributed by atoms with Gasteiger partial charge in [0.2, 0.25) is 5.91 Å². The number of esters is 1. The molecular formula is C23H19NO3S. The van der Waals surface area contributed by atoms with Crippen molar-refractivity contribution in [2.24, 2.45) is 0 Å². The summed E-state index contributed by atoms with van der Waals surface area (Å²) >= 11 is 1.66. The van der Waals surface area contributed by atoms with Crippen LogP contribution in [0.25, 0.3) is 0 Å². The summed E-state index contributed by atoms with van der Waals surface area (Å²) in [4.78, 5) is 24.9. The molecule has 3 aromatic rings. The van der Waals surface area contributed by atoms with E-state index in [4.69, 9.17) is 4.74 Å². The summed E-state index contributed by atoms with van der Waals surface area (Å²) in [5.74, 6) is 5.68. The fourth-order valence-electron chi connectivity index (χ4n) is 2.58. The van der Waals surface area contributed by atoms with Crippen molar-refractivity contribution in [1.29, 1.82) is 0 Å². The van der Waals surface area contributed by atoms with E-state index in [-0.39, 0.29) is 5.91 Å². The van der Waals surface area contributed by atoms with Crippen LogP contribution in [0.4, 0.5) is 5.69 Å². The first-order valence-corrected chi connectivity index (χ1v) is 9.65. The van der Waals surface area contributed by atoms with Gasteiger partial charge in [-0.05, 0) is 54.3 Å². The largest absolute Gasteiger partial charge is 0.465 e. The Morgan fingerprint density at radius 2 is 1.75 bits per heavy atom. The first-order chi connectivity index (χ1) is 13.6. The van der Waals surface area contributed by atoms with Crippen LogP contribution >= 0.6 is 11.3 Å². The molecule has 2 aromatic carbocycles. The lowest BCUT2D eigenvalue weighted by molar-refractivity contribution is -0.116. The normalized spacial score (nSPS) is 9.89. The number of ether oxygens (including phenoxy) is 1. The zero-order chi connectivity index (χ0) is 19.8. The van der Waals surface area contributed by atoms with E-state index in [1.165, 1.54) is 12.0 Å². The molecular weight excluding hydrogens is 370 g/mol. The lowest BCUT2D eigenvalue weighted by Crippen LogP contribution is -2.12. The molecule has 0 unspecified atom stereocenters. The Hall–Kier alpha value is -3.36. The van der Waals surface area contributed by atoms with E-state index in [0.717, 1.165) is 12.0 Å². The third-order valence-corrected chi connectivity index (χ3v) is 4.90. The standard InChI is InChI=1S/C23H19NO3S/c1-27-23(26)19-7-2-5-17(15-19)10-11-18-6-3-8-20(16-18)24-22(25)13-12-21-9-4-14-28-21/h2-9,14-16H,12-13H2,1H3,(H,24,25). The maximum absolute atomic E-state index is 12.1. The second-order valence-corrected chi connectivity index (χ2v) is 7.06. The Bertz CT molecular complexity index is 1030. The van der Waals surface area contributed by atoms with E-state index in [2.05, 4.69) is 17.2 Å². The first-order valence-electron chi connectivity index (χ1n) is 8.77. The van der Waals surface area contributed by atoms with Crippen LogP contribution in [-0.4, -0.2) is 19.0 Å². The minimum absolute atomic E-state index is 0.0238. The molecule has 0 bridgehead atoms. The lowest BCUT2D eigenvalue weighted by atomic mass is 10.1. The minimum Gasteiger partial charge on any atom is -0.465 e. The van der Waals surface area contributed by atoms with Crippen molar-refractivity contribution in [1.82, 2.24) is 0 Å². The number of carbonyl (C=O) groups excluding carboxylic acids is 2. The second kappa shape index (κ2) is 9.54. The van der Waals surface area contributed by atoms with E-state index in [1.54, 1.807) is 29.5 Å². The zero-order valence-electron chi connectivity index (χ0n) is 15.4. The fourth-order valence-corrected chi connectivity index (χ4v) is 3.28. The minimum atomic E-state index is -0.393. The summed E-state index contributed by atoms with van der Waals surface area (Å²) in [7, 11) is 1.35. The molecule has 0 aliphatic heterocycles. The number of hydrogen-bond donors (Lipinski definition) is 1. The lowest BCUT2D eigenvalue weighted by Gasteiger charge is -2.05.